The second-order valence-electron chi connectivity index (χ2n) is 3.47. The highest BCUT2D eigenvalue weighted by Crippen LogP contribution is 2.17. The number of hydrogen-bond donors (Lipinski definition) is 1. The summed E-state index contributed by atoms with van der Waals surface area (Å²) in [6, 6.07) is 1.56. The maximum atomic E-state index is 11.7. The molecule has 2 N–H and O–H groups in total. The maximum absolute atomic E-state index is 11.7. The summed E-state index contributed by atoms with van der Waals surface area (Å²) < 4.78 is 0. The third-order valence-corrected chi connectivity index (χ3v) is 2.36. The molecule has 1 aromatic heterocycles. The Morgan fingerprint density at radius 2 is 2.27 bits per heavy atom. The Bertz CT molecular complexity index is 352. The number of unbranched alkanes of at least 4 members (excludes halogenated alkanes) is 2. The van der Waals surface area contributed by atoms with E-state index >= 15 is 0 Å². The Morgan fingerprint density at radius 1 is 1.53 bits per heavy atom. The van der Waals surface area contributed by atoms with Gasteiger partial charge in [0, 0.05) is 12.6 Å². The van der Waals surface area contributed by atoms with Gasteiger partial charge < -0.3 is 5.73 Å². The van der Waals surface area contributed by atoms with Crippen LogP contribution in [0.5, 0.6) is 0 Å². The number of pyridine rings is 1. The van der Waals surface area contributed by atoms with Gasteiger partial charge in [-0.1, -0.05) is 31.4 Å². The minimum atomic E-state index is -0.00221. The van der Waals surface area contributed by atoms with E-state index in [4.69, 9.17) is 17.3 Å². The molecule has 1 heterocycles. The number of aromatic nitrogens is 1. The summed E-state index contributed by atoms with van der Waals surface area (Å²) in [7, 11) is 0. The first kappa shape index (κ1) is 12.0. The Labute approximate surface area is 94.6 Å². The molecule has 0 spiro atoms. The summed E-state index contributed by atoms with van der Waals surface area (Å²) in [5.74, 6) is -0.00221. The zero-order valence-corrected chi connectivity index (χ0v) is 9.55. The summed E-state index contributed by atoms with van der Waals surface area (Å²) in [5.41, 5.74) is 6.37. The lowest BCUT2D eigenvalue weighted by atomic mass is 10.1. The first-order valence-corrected chi connectivity index (χ1v) is 5.47. The van der Waals surface area contributed by atoms with E-state index in [1.54, 1.807) is 6.07 Å². The zero-order chi connectivity index (χ0) is 11.3. The quantitative estimate of drug-likeness (QED) is 0.620. The number of anilines is 1. The van der Waals surface area contributed by atoms with Crippen molar-refractivity contribution >= 4 is 23.1 Å². The van der Waals surface area contributed by atoms with Crippen LogP contribution in [-0.2, 0) is 0 Å². The standard InChI is InChI=1S/C11H15ClN2O/c1-2-3-4-5-10(15)11-9(13)6-8(12)7-14-11/h6-7H,2-5,13H2,1H3. The Balaban J connectivity index is 2.65. The molecule has 0 aliphatic carbocycles. The second kappa shape index (κ2) is 5.71. The number of ketones is 1. The van der Waals surface area contributed by atoms with Gasteiger partial charge in [0.15, 0.2) is 5.78 Å². The van der Waals surface area contributed by atoms with Crippen molar-refractivity contribution in [1.82, 2.24) is 4.98 Å². The summed E-state index contributed by atoms with van der Waals surface area (Å²) in [5, 5.41) is 0.456. The number of nitrogens with zero attached hydrogens (tertiary/aromatic N) is 1. The van der Waals surface area contributed by atoms with E-state index < -0.39 is 0 Å². The number of halogens is 1. The van der Waals surface area contributed by atoms with Gasteiger partial charge >= 0.3 is 0 Å². The molecular formula is C11H15ClN2O. The lowest BCUT2D eigenvalue weighted by molar-refractivity contribution is 0.0975. The number of carbonyl (C=O) groups excluding carboxylic acids is 1. The van der Waals surface area contributed by atoms with Crippen LogP contribution >= 0.6 is 11.6 Å². The van der Waals surface area contributed by atoms with Gasteiger partial charge in [-0.3, -0.25) is 4.79 Å². The smallest absolute Gasteiger partial charge is 0.183 e. The molecule has 0 amide bonds. The SMILES string of the molecule is CCCCCC(=O)c1ncc(Cl)cc1N. The average molecular weight is 227 g/mol. The number of carbonyl (C=O) groups is 1. The average Bonchev–Trinajstić information content (AvgIpc) is 2.17. The largest absolute Gasteiger partial charge is 0.397 e. The minimum absolute atomic E-state index is 0.00221. The van der Waals surface area contributed by atoms with E-state index in [0.717, 1.165) is 19.3 Å². The topological polar surface area (TPSA) is 56.0 Å². The second-order valence-corrected chi connectivity index (χ2v) is 3.91. The lowest BCUT2D eigenvalue weighted by Crippen LogP contribution is -2.06. The predicted octanol–water partition coefficient (Wildman–Crippen LogP) is 3.08. The number of hydrogen-bond acceptors (Lipinski definition) is 3. The van der Waals surface area contributed by atoms with Crippen LogP contribution in [0.3, 0.4) is 0 Å². The van der Waals surface area contributed by atoms with Crippen LogP contribution in [0.15, 0.2) is 12.3 Å². The number of Topliss-reactive ketones (excluding diaryl/α,β-unsaturated/α-hetero) is 1. The fourth-order valence-electron chi connectivity index (χ4n) is 1.34. The van der Waals surface area contributed by atoms with Crippen LogP contribution in [-0.4, -0.2) is 10.8 Å². The molecule has 0 saturated carbocycles. The molecule has 0 aromatic carbocycles. The van der Waals surface area contributed by atoms with E-state index in [1.807, 2.05) is 0 Å². The van der Waals surface area contributed by atoms with E-state index in [9.17, 15) is 4.79 Å². The molecule has 15 heavy (non-hydrogen) atoms. The highest BCUT2D eigenvalue weighted by Gasteiger charge is 2.10. The van der Waals surface area contributed by atoms with Crippen LogP contribution in [0.25, 0.3) is 0 Å². The molecule has 0 radical (unpaired) electrons. The predicted molar refractivity (Wildman–Crippen MR) is 62.1 cm³/mol. The van der Waals surface area contributed by atoms with E-state index in [-0.39, 0.29) is 5.78 Å². The highest BCUT2D eigenvalue weighted by molar-refractivity contribution is 6.30. The normalized spacial score (nSPS) is 10.3. The van der Waals surface area contributed by atoms with Crippen molar-refractivity contribution in [2.75, 3.05) is 5.73 Å². The number of rotatable bonds is 5. The Kier molecular flexibility index (Phi) is 4.56. The third-order valence-electron chi connectivity index (χ3n) is 2.16. The molecule has 0 saturated heterocycles. The van der Waals surface area contributed by atoms with Gasteiger partial charge in [-0.05, 0) is 12.5 Å². The van der Waals surface area contributed by atoms with Crippen LogP contribution in [0.4, 0.5) is 5.69 Å². The van der Waals surface area contributed by atoms with Gasteiger partial charge in [-0.15, -0.1) is 0 Å². The van der Waals surface area contributed by atoms with Crippen LogP contribution in [0.1, 0.15) is 43.1 Å². The molecule has 0 aliphatic heterocycles. The third kappa shape index (κ3) is 3.51. The zero-order valence-electron chi connectivity index (χ0n) is 8.79. The fraction of sp³-hybridized carbons (Fsp3) is 0.455. The highest BCUT2D eigenvalue weighted by atomic mass is 35.5. The monoisotopic (exact) mass is 226 g/mol. The Hall–Kier alpha value is -1.09. The molecule has 1 aromatic rings. The summed E-state index contributed by atoms with van der Waals surface area (Å²) in [4.78, 5) is 15.6. The first-order chi connectivity index (χ1) is 7.15. The van der Waals surface area contributed by atoms with Crippen LogP contribution in [0, 0.1) is 0 Å². The lowest BCUT2D eigenvalue weighted by Gasteiger charge is -2.03. The van der Waals surface area contributed by atoms with Gasteiger partial charge in [0.25, 0.3) is 0 Å². The fourth-order valence-corrected chi connectivity index (χ4v) is 1.51. The molecule has 0 aliphatic rings. The van der Waals surface area contributed by atoms with Gasteiger partial charge in [-0.2, -0.15) is 0 Å². The summed E-state index contributed by atoms with van der Waals surface area (Å²) in [6.07, 6.45) is 4.99. The van der Waals surface area contributed by atoms with Crippen molar-refractivity contribution in [1.29, 1.82) is 0 Å². The van der Waals surface area contributed by atoms with Gasteiger partial charge in [0.2, 0.25) is 0 Å². The van der Waals surface area contributed by atoms with Crippen molar-refractivity contribution in [3.05, 3.63) is 23.0 Å². The first-order valence-electron chi connectivity index (χ1n) is 5.09. The molecule has 1 rings (SSSR count). The molecule has 0 atom stereocenters. The summed E-state index contributed by atoms with van der Waals surface area (Å²) in [6.45, 7) is 2.10. The Morgan fingerprint density at radius 3 is 2.87 bits per heavy atom. The van der Waals surface area contributed by atoms with Crippen molar-refractivity contribution < 1.29 is 4.79 Å². The van der Waals surface area contributed by atoms with Crippen LogP contribution in [0.2, 0.25) is 5.02 Å². The molecule has 4 heteroatoms. The maximum Gasteiger partial charge on any atom is 0.183 e. The van der Waals surface area contributed by atoms with Crippen molar-refractivity contribution in [3.8, 4) is 0 Å². The molecule has 3 nitrogen and oxygen atoms in total. The van der Waals surface area contributed by atoms with Crippen LogP contribution < -0.4 is 5.73 Å². The summed E-state index contributed by atoms with van der Waals surface area (Å²) >= 11 is 5.69. The minimum Gasteiger partial charge on any atom is -0.397 e. The van der Waals surface area contributed by atoms with E-state index in [0.29, 0.717) is 22.8 Å². The van der Waals surface area contributed by atoms with Gasteiger partial charge in [0.1, 0.15) is 5.69 Å². The molecule has 0 bridgehead atoms. The van der Waals surface area contributed by atoms with Gasteiger partial charge in [-0.25, -0.2) is 4.98 Å². The number of nitrogen functional groups attached to an aromatic ring is 1. The molecule has 0 unspecified atom stereocenters. The molecule has 82 valence electrons. The van der Waals surface area contributed by atoms with Gasteiger partial charge in [0.05, 0.1) is 10.7 Å². The molecule has 0 fully saturated rings. The van der Waals surface area contributed by atoms with Crippen molar-refractivity contribution in [3.63, 3.8) is 0 Å². The van der Waals surface area contributed by atoms with E-state index in [2.05, 4.69) is 11.9 Å². The molecular weight excluding hydrogens is 212 g/mol. The van der Waals surface area contributed by atoms with Crippen molar-refractivity contribution in [2.45, 2.75) is 32.6 Å². The van der Waals surface area contributed by atoms with E-state index in [1.165, 1.54) is 6.20 Å². The van der Waals surface area contributed by atoms with Crippen molar-refractivity contribution in [2.24, 2.45) is 0 Å². The number of nitrogens with two attached hydrogens (primary N) is 1.